The summed E-state index contributed by atoms with van der Waals surface area (Å²) < 4.78 is 39.2. The molecule has 0 aliphatic carbocycles. The van der Waals surface area contributed by atoms with Crippen LogP contribution in [0.15, 0.2) is 0 Å². The first-order valence-electron chi connectivity index (χ1n) is 4.32. The summed E-state index contributed by atoms with van der Waals surface area (Å²) in [6.45, 7) is -1.53. The van der Waals surface area contributed by atoms with Gasteiger partial charge >= 0.3 is 6.18 Å². The van der Waals surface area contributed by atoms with Crippen molar-refractivity contribution in [3.63, 3.8) is 0 Å². The van der Waals surface area contributed by atoms with Gasteiger partial charge in [-0.3, -0.25) is 9.59 Å². The lowest BCUT2D eigenvalue weighted by Gasteiger charge is -2.14. The maximum absolute atomic E-state index is 11.6. The number of Topliss-reactive ketones (excluding diaryl/α,β-unsaturated/α-hetero) is 1. The number of alkyl halides is 3. The van der Waals surface area contributed by atoms with Crippen LogP contribution in [0.5, 0.6) is 0 Å². The number of rotatable bonds is 4. The van der Waals surface area contributed by atoms with E-state index in [2.05, 4.69) is 4.74 Å². The Morgan fingerprint density at radius 2 is 2.00 bits per heavy atom. The third-order valence-corrected chi connectivity index (χ3v) is 1.84. The third-order valence-electron chi connectivity index (χ3n) is 1.84. The van der Waals surface area contributed by atoms with Crippen LogP contribution >= 0.6 is 0 Å². The molecular weight excluding hydrogens is 215 g/mol. The summed E-state index contributed by atoms with van der Waals surface area (Å²) in [6, 6.07) is 0. The zero-order valence-electron chi connectivity index (χ0n) is 7.84. The average Bonchev–Trinajstić information content (AvgIpc) is 2.37. The summed E-state index contributed by atoms with van der Waals surface area (Å²) in [6.07, 6.45) is -4.51. The fraction of sp³-hybridized carbons (Fsp3) is 0.750. The quantitative estimate of drug-likeness (QED) is 0.513. The van der Waals surface area contributed by atoms with E-state index in [4.69, 9.17) is 0 Å². The number of hydrogen-bond acceptors (Lipinski definition) is 3. The molecule has 1 aliphatic heterocycles. The number of hydrogen-bond donors (Lipinski definition) is 0. The first kappa shape index (κ1) is 12.0. The van der Waals surface area contributed by atoms with E-state index in [1.54, 1.807) is 0 Å². The van der Waals surface area contributed by atoms with Crippen LogP contribution < -0.4 is 0 Å². The van der Waals surface area contributed by atoms with Gasteiger partial charge in [-0.05, 0) is 0 Å². The van der Waals surface area contributed by atoms with Gasteiger partial charge in [-0.25, -0.2) is 0 Å². The Morgan fingerprint density at radius 1 is 1.33 bits per heavy atom. The van der Waals surface area contributed by atoms with E-state index in [0.29, 0.717) is 0 Å². The molecule has 86 valence electrons. The highest BCUT2D eigenvalue weighted by Gasteiger charge is 2.29. The van der Waals surface area contributed by atoms with Gasteiger partial charge in [0.05, 0.1) is 19.6 Å². The maximum Gasteiger partial charge on any atom is 0.411 e. The van der Waals surface area contributed by atoms with Crippen molar-refractivity contribution >= 4 is 11.7 Å². The first-order chi connectivity index (χ1) is 6.88. The van der Waals surface area contributed by atoms with Gasteiger partial charge in [0.15, 0.2) is 5.78 Å². The SMILES string of the molecule is O=C1CC(=O)N(CCOCC(F)(F)F)C1. The molecule has 0 radical (unpaired) electrons. The maximum atomic E-state index is 11.6. The molecule has 1 aliphatic rings. The van der Waals surface area contributed by atoms with Crippen molar-refractivity contribution in [1.82, 2.24) is 4.90 Å². The second kappa shape index (κ2) is 4.61. The Morgan fingerprint density at radius 3 is 2.47 bits per heavy atom. The van der Waals surface area contributed by atoms with Crippen LogP contribution in [0.25, 0.3) is 0 Å². The largest absolute Gasteiger partial charge is 0.411 e. The third kappa shape index (κ3) is 4.28. The normalized spacial score (nSPS) is 17.7. The van der Waals surface area contributed by atoms with Crippen LogP contribution in [-0.2, 0) is 14.3 Å². The molecule has 1 amide bonds. The van der Waals surface area contributed by atoms with E-state index in [9.17, 15) is 22.8 Å². The molecule has 0 aromatic carbocycles. The molecule has 1 rings (SSSR count). The van der Waals surface area contributed by atoms with E-state index in [0.717, 1.165) is 0 Å². The van der Waals surface area contributed by atoms with Crippen molar-refractivity contribution in [2.45, 2.75) is 12.6 Å². The molecule has 1 saturated heterocycles. The number of ether oxygens (including phenoxy) is 1. The van der Waals surface area contributed by atoms with Gasteiger partial charge in [-0.15, -0.1) is 0 Å². The van der Waals surface area contributed by atoms with Crippen molar-refractivity contribution in [2.75, 3.05) is 26.3 Å². The molecule has 1 fully saturated rings. The van der Waals surface area contributed by atoms with Gasteiger partial charge in [0.25, 0.3) is 0 Å². The Bertz CT molecular complexity index is 264. The number of nitrogens with zero attached hydrogens (tertiary/aromatic N) is 1. The highest BCUT2D eigenvalue weighted by atomic mass is 19.4. The van der Waals surface area contributed by atoms with Crippen LogP contribution in [0.2, 0.25) is 0 Å². The van der Waals surface area contributed by atoms with Gasteiger partial charge in [-0.2, -0.15) is 13.2 Å². The summed E-state index contributed by atoms with van der Waals surface area (Å²) in [5.41, 5.74) is 0. The monoisotopic (exact) mass is 225 g/mol. The summed E-state index contributed by atoms with van der Waals surface area (Å²) in [5, 5.41) is 0. The summed E-state index contributed by atoms with van der Waals surface area (Å²) in [4.78, 5) is 23.0. The number of carbonyl (C=O) groups is 2. The van der Waals surface area contributed by atoms with Gasteiger partial charge in [0.2, 0.25) is 5.91 Å². The lowest BCUT2D eigenvalue weighted by atomic mass is 10.3. The van der Waals surface area contributed by atoms with E-state index in [1.807, 2.05) is 0 Å². The molecule has 15 heavy (non-hydrogen) atoms. The van der Waals surface area contributed by atoms with Crippen molar-refractivity contribution in [3.05, 3.63) is 0 Å². The van der Waals surface area contributed by atoms with Crippen molar-refractivity contribution < 1.29 is 27.5 Å². The molecule has 0 aromatic rings. The van der Waals surface area contributed by atoms with Crippen molar-refractivity contribution in [2.24, 2.45) is 0 Å². The standard InChI is InChI=1S/C8H10F3NO3/c9-8(10,11)5-15-2-1-12-4-6(13)3-7(12)14/h1-5H2. The Balaban J connectivity index is 2.16. The van der Waals surface area contributed by atoms with E-state index in [1.165, 1.54) is 4.90 Å². The fourth-order valence-electron chi connectivity index (χ4n) is 1.20. The van der Waals surface area contributed by atoms with E-state index in [-0.39, 0.29) is 37.8 Å². The highest BCUT2D eigenvalue weighted by Crippen LogP contribution is 2.14. The molecule has 0 atom stereocenters. The lowest BCUT2D eigenvalue weighted by Crippen LogP contribution is -2.30. The van der Waals surface area contributed by atoms with Gasteiger partial charge in [0, 0.05) is 6.54 Å². The van der Waals surface area contributed by atoms with Crippen molar-refractivity contribution in [1.29, 1.82) is 0 Å². The molecule has 1 heterocycles. The number of carbonyl (C=O) groups excluding carboxylic acids is 2. The second-order valence-corrected chi connectivity index (χ2v) is 3.20. The summed E-state index contributed by atoms with van der Waals surface area (Å²) >= 11 is 0. The zero-order valence-corrected chi connectivity index (χ0v) is 7.84. The Kier molecular flexibility index (Phi) is 3.67. The predicted octanol–water partition coefficient (Wildman–Crippen LogP) is 0.367. The Labute approximate surface area is 84.0 Å². The second-order valence-electron chi connectivity index (χ2n) is 3.20. The van der Waals surface area contributed by atoms with Gasteiger partial charge in [0.1, 0.15) is 6.61 Å². The number of ketones is 1. The van der Waals surface area contributed by atoms with E-state index < -0.39 is 12.8 Å². The molecule has 4 nitrogen and oxygen atoms in total. The average molecular weight is 225 g/mol. The van der Waals surface area contributed by atoms with Crippen LogP contribution in [0.3, 0.4) is 0 Å². The minimum atomic E-state index is -4.36. The number of halogens is 3. The molecule has 0 aromatic heterocycles. The van der Waals surface area contributed by atoms with Gasteiger partial charge in [-0.1, -0.05) is 0 Å². The highest BCUT2D eigenvalue weighted by molar-refractivity contribution is 6.05. The number of amides is 1. The Hall–Kier alpha value is -1.11. The molecular formula is C8H10F3NO3. The lowest BCUT2D eigenvalue weighted by molar-refractivity contribution is -0.174. The predicted molar refractivity (Wildman–Crippen MR) is 43.1 cm³/mol. The minimum absolute atomic E-state index is 0.0196. The van der Waals surface area contributed by atoms with Gasteiger partial charge < -0.3 is 9.64 Å². The van der Waals surface area contributed by atoms with Crippen LogP contribution in [-0.4, -0.2) is 49.1 Å². The number of likely N-dealkylation sites (tertiary alicyclic amines) is 1. The van der Waals surface area contributed by atoms with Crippen LogP contribution in [0, 0.1) is 0 Å². The first-order valence-corrected chi connectivity index (χ1v) is 4.32. The molecule has 0 unspecified atom stereocenters. The minimum Gasteiger partial charge on any atom is -0.370 e. The molecule has 0 N–H and O–H groups in total. The molecule has 7 heteroatoms. The van der Waals surface area contributed by atoms with E-state index >= 15 is 0 Å². The smallest absolute Gasteiger partial charge is 0.370 e. The molecule has 0 saturated carbocycles. The van der Waals surface area contributed by atoms with Crippen LogP contribution in [0.4, 0.5) is 13.2 Å². The topological polar surface area (TPSA) is 46.6 Å². The van der Waals surface area contributed by atoms with Crippen LogP contribution in [0.1, 0.15) is 6.42 Å². The molecule has 0 spiro atoms. The van der Waals surface area contributed by atoms with Crippen molar-refractivity contribution in [3.8, 4) is 0 Å². The zero-order chi connectivity index (χ0) is 11.5. The molecule has 0 bridgehead atoms. The summed E-state index contributed by atoms with van der Waals surface area (Å²) in [5.74, 6) is -0.563. The fourth-order valence-corrected chi connectivity index (χ4v) is 1.20. The summed E-state index contributed by atoms with van der Waals surface area (Å²) in [7, 11) is 0.